The molecule has 1 aromatic heterocycles. The lowest BCUT2D eigenvalue weighted by molar-refractivity contribution is 0.0876. The zero-order chi connectivity index (χ0) is 15.2. The molecule has 2 heterocycles. The number of hydrogen-bond acceptors (Lipinski definition) is 4. The third kappa shape index (κ3) is 5.02. The molecule has 2 rings (SSSR count). The molecule has 0 bridgehead atoms. The second-order valence-electron chi connectivity index (χ2n) is 6.09. The summed E-state index contributed by atoms with van der Waals surface area (Å²) < 4.78 is 1.06. The summed E-state index contributed by atoms with van der Waals surface area (Å²) in [6, 6.07) is 3.20. The van der Waals surface area contributed by atoms with Gasteiger partial charge in [-0.2, -0.15) is 0 Å². The van der Waals surface area contributed by atoms with E-state index in [-0.39, 0.29) is 0 Å². The zero-order valence-corrected chi connectivity index (χ0v) is 14.9. The average Bonchev–Trinajstić information content (AvgIpc) is 2.46. The first-order chi connectivity index (χ1) is 10.1. The molecule has 5 heteroatoms. The fourth-order valence-corrected chi connectivity index (χ4v) is 3.39. The van der Waals surface area contributed by atoms with E-state index in [4.69, 9.17) is 0 Å². The van der Waals surface area contributed by atoms with Crippen molar-refractivity contribution in [2.45, 2.75) is 31.8 Å². The van der Waals surface area contributed by atoms with Crippen molar-refractivity contribution < 1.29 is 0 Å². The Morgan fingerprint density at radius 1 is 1.38 bits per heavy atom. The highest BCUT2D eigenvalue weighted by atomic mass is 79.9. The van der Waals surface area contributed by atoms with Gasteiger partial charge in [-0.3, -0.25) is 9.88 Å². The van der Waals surface area contributed by atoms with Gasteiger partial charge in [0.15, 0.2) is 0 Å². The summed E-state index contributed by atoms with van der Waals surface area (Å²) in [5.74, 6) is 0. The van der Waals surface area contributed by atoms with Gasteiger partial charge < -0.3 is 10.2 Å². The molecular formula is C16H27BrN4. The summed E-state index contributed by atoms with van der Waals surface area (Å²) in [6.45, 7) is 6.72. The van der Waals surface area contributed by atoms with Crippen molar-refractivity contribution in [1.29, 1.82) is 0 Å². The molecule has 1 N–H and O–H groups in total. The van der Waals surface area contributed by atoms with Crippen LogP contribution in [0.4, 0.5) is 0 Å². The number of halogens is 1. The third-order valence-corrected chi connectivity index (χ3v) is 4.67. The normalized spacial score (nSPS) is 22.4. The molecule has 1 saturated heterocycles. The summed E-state index contributed by atoms with van der Waals surface area (Å²) >= 11 is 3.52. The quantitative estimate of drug-likeness (QED) is 0.846. The van der Waals surface area contributed by atoms with Gasteiger partial charge in [0, 0.05) is 48.6 Å². The maximum Gasteiger partial charge on any atom is 0.0410 e. The van der Waals surface area contributed by atoms with Gasteiger partial charge in [-0.1, -0.05) is 6.92 Å². The van der Waals surface area contributed by atoms with Crippen LogP contribution in [-0.2, 0) is 6.42 Å². The Morgan fingerprint density at radius 2 is 2.19 bits per heavy atom. The molecule has 1 aliphatic heterocycles. The maximum absolute atomic E-state index is 4.30. The van der Waals surface area contributed by atoms with E-state index in [1.807, 2.05) is 12.4 Å². The van der Waals surface area contributed by atoms with Crippen LogP contribution in [0.1, 0.15) is 18.9 Å². The van der Waals surface area contributed by atoms with Crippen LogP contribution in [0.3, 0.4) is 0 Å². The molecule has 1 aromatic rings. The first-order valence-corrected chi connectivity index (χ1v) is 8.61. The van der Waals surface area contributed by atoms with Crippen LogP contribution in [0.25, 0.3) is 0 Å². The van der Waals surface area contributed by atoms with Crippen molar-refractivity contribution in [3.63, 3.8) is 0 Å². The Hall–Kier alpha value is -0.490. The summed E-state index contributed by atoms with van der Waals surface area (Å²) in [7, 11) is 4.47. The Balaban J connectivity index is 2.09. The van der Waals surface area contributed by atoms with E-state index in [9.17, 15) is 0 Å². The van der Waals surface area contributed by atoms with Crippen LogP contribution < -0.4 is 5.32 Å². The lowest BCUT2D eigenvalue weighted by Crippen LogP contribution is -2.59. The Bertz CT molecular complexity index is 440. The molecule has 2 unspecified atom stereocenters. The molecule has 1 aliphatic rings. The largest absolute Gasteiger partial charge is 0.312 e. The molecule has 0 saturated carbocycles. The van der Waals surface area contributed by atoms with E-state index < -0.39 is 0 Å². The fourth-order valence-electron chi connectivity index (χ4n) is 2.97. The van der Waals surface area contributed by atoms with E-state index in [0.717, 1.165) is 37.1 Å². The molecule has 0 spiro atoms. The smallest absolute Gasteiger partial charge is 0.0410 e. The molecule has 0 aromatic carbocycles. The molecule has 118 valence electrons. The van der Waals surface area contributed by atoms with Crippen molar-refractivity contribution in [3.05, 3.63) is 28.5 Å². The lowest BCUT2D eigenvalue weighted by atomic mass is 9.97. The van der Waals surface area contributed by atoms with Gasteiger partial charge in [0.25, 0.3) is 0 Å². The Kier molecular flexibility index (Phi) is 6.61. The number of likely N-dealkylation sites (N-methyl/N-ethyl adjacent to an activating group) is 2. The minimum Gasteiger partial charge on any atom is -0.312 e. The number of nitrogens with zero attached hydrogens (tertiary/aromatic N) is 3. The van der Waals surface area contributed by atoms with E-state index >= 15 is 0 Å². The van der Waals surface area contributed by atoms with E-state index in [1.165, 1.54) is 12.0 Å². The third-order valence-electron chi connectivity index (χ3n) is 4.24. The first-order valence-electron chi connectivity index (χ1n) is 7.81. The molecule has 4 nitrogen and oxygen atoms in total. The van der Waals surface area contributed by atoms with Gasteiger partial charge in [-0.15, -0.1) is 0 Å². The molecule has 0 amide bonds. The summed E-state index contributed by atoms with van der Waals surface area (Å²) in [4.78, 5) is 9.23. The zero-order valence-electron chi connectivity index (χ0n) is 13.3. The van der Waals surface area contributed by atoms with E-state index in [0.29, 0.717) is 12.1 Å². The van der Waals surface area contributed by atoms with Crippen molar-refractivity contribution in [3.8, 4) is 0 Å². The molecule has 21 heavy (non-hydrogen) atoms. The maximum atomic E-state index is 4.30. The van der Waals surface area contributed by atoms with Crippen LogP contribution in [0.2, 0.25) is 0 Å². The van der Waals surface area contributed by atoms with Crippen molar-refractivity contribution in [2.75, 3.05) is 40.3 Å². The van der Waals surface area contributed by atoms with Gasteiger partial charge in [0.2, 0.25) is 0 Å². The molecule has 1 fully saturated rings. The second kappa shape index (κ2) is 8.22. The highest BCUT2D eigenvalue weighted by Crippen LogP contribution is 2.16. The SMILES string of the molecule is CCCNC(Cc1cncc(Br)c1)C1CN(C)CCN1C. The monoisotopic (exact) mass is 354 g/mol. The van der Waals surface area contributed by atoms with Crippen LogP contribution >= 0.6 is 15.9 Å². The van der Waals surface area contributed by atoms with Crippen LogP contribution in [0.5, 0.6) is 0 Å². The number of pyridine rings is 1. The minimum absolute atomic E-state index is 0.466. The predicted molar refractivity (Wildman–Crippen MR) is 91.6 cm³/mol. The molecule has 2 atom stereocenters. The van der Waals surface area contributed by atoms with E-state index in [1.54, 1.807) is 0 Å². The van der Waals surface area contributed by atoms with Crippen LogP contribution in [0.15, 0.2) is 22.9 Å². The second-order valence-corrected chi connectivity index (χ2v) is 7.00. The van der Waals surface area contributed by atoms with Gasteiger partial charge in [0.1, 0.15) is 0 Å². The number of rotatable bonds is 6. The topological polar surface area (TPSA) is 31.4 Å². The van der Waals surface area contributed by atoms with Gasteiger partial charge in [0.05, 0.1) is 0 Å². The number of nitrogens with one attached hydrogen (secondary N) is 1. The molecule has 0 radical (unpaired) electrons. The van der Waals surface area contributed by atoms with Crippen molar-refractivity contribution >= 4 is 15.9 Å². The lowest BCUT2D eigenvalue weighted by Gasteiger charge is -2.42. The fraction of sp³-hybridized carbons (Fsp3) is 0.688. The van der Waals surface area contributed by atoms with Crippen molar-refractivity contribution in [2.24, 2.45) is 0 Å². The minimum atomic E-state index is 0.466. The van der Waals surface area contributed by atoms with Gasteiger partial charge in [-0.25, -0.2) is 0 Å². The van der Waals surface area contributed by atoms with Gasteiger partial charge in [-0.05, 0) is 61.0 Å². The van der Waals surface area contributed by atoms with Crippen LogP contribution in [-0.4, -0.2) is 67.1 Å². The highest BCUT2D eigenvalue weighted by Gasteiger charge is 2.29. The van der Waals surface area contributed by atoms with Gasteiger partial charge >= 0.3 is 0 Å². The van der Waals surface area contributed by atoms with Crippen molar-refractivity contribution in [1.82, 2.24) is 20.1 Å². The Labute approximate surface area is 137 Å². The number of piperazine rings is 1. The number of aromatic nitrogens is 1. The average molecular weight is 355 g/mol. The molecule has 0 aliphatic carbocycles. The number of hydrogen-bond donors (Lipinski definition) is 1. The highest BCUT2D eigenvalue weighted by molar-refractivity contribution is 9.10. The Morgan fingerprint density at radius 3 is 2.90 bits per heavy atom. The molecular weight excluding hydrogens is 328 g/mol. The first kappa shape index (κ1) is 16.9. The summed E-state index contributed by atoms with van der Waals surface area (Å²) in [5, 5.41) is 3.75. The predicted octanol–water partition coefficient (Wildman–Crippen LogP) is 2.00. The standard InChI is InChI=1S/C16H27BrN4/c1-4-5-19-15(9-13-8-14(17)11-18-10-13)16-12-20(2)6-7-21(16)3/h8,10-11,15-16,19H,4-7,9,12H2,1-3H3. The van der Waals surface area contributed by atoms with E-state index in [2.05, 4.69) is 63.1 Å². The summed E-state index contributed by atoms with van der Waals surface area (Å²) in [6.07, 6.45) is 6.02. The summed E-state index contributed by atoms with van der Waals surface area (Å²) in [5.41, 5.74) is 1.29. The van der Waals surface area contributed by atoms with Crippen LogP contribution in [0, 0.1) is 0 Å².